The van der Waals surface area contributed by atoms with Crippen LogP contribution in [0.25, 0.3) is 0 Å². The van der Waals surface area contributed by atoms with Gasteiger partial charge in [0.2, 0.25) is 0 Å². The highest BCUT2D eigenvalue weighted by Crippen LogP contribution is 2.34. The highest BCUT2D eigenvalue weighted by molar-refractivity contribution is 7.80. The van der Waals surface area contributed by atoms with Crippen molar-refractivity contribution in [2.75, 3.05) is 30.8 Å². The van der Waals surface area contributed by atoms with Gasteiger partial charge in [-0.1, -0.05) is 0 Å². The molecule has 144 valence electrons. The van der Waals surface area contributed by atoms with Crippen molar-refractivity contribution in [2.45, 2.75) is 20.8 Å². The molecular formula is C18H22N4O3S2. The van der Waals surface area contributed by atoms with Crippen LogP contribution in [0.5, 0.6) is 0 Å². The van der Waals surface area contributed by atoms with E-state index in [0.29, 0.717) is 39.2 Å². The minimum Gasteiger partial charge on any atom is -0.465 e. The SMILES string of the molecule is CCN(CC)C(=O)c1sc(NC(=S)Nc2ccncc2)c(C(=O)OC)c1C. The van der Waals surface area contributed by atoms with E-state index in [1.807, 2.05) is 13.8 Å². The predicted octanol–water partition coefficient (Wildman–Crippen LogP) is 3.53. The van der Waals surface area contributed by atoms with E-state index in [2.05, 4.69) is 15.6 Å². The summed E-state index contributed by atoms with van der Waals surface area (Å²) in [5, 5.41) is 6.80. The summed E-state index contributed by atoms with van der Waals surface area (Å²) in [6.45, 7) is 6.75. The molecule has 0 saturated carbocycles. The van der Waals surface area contributed by atoms with Gasteiger partial charge < -0.3 is 20.3 Å². The molecule has 0 aliphatic heterocycles. The standard InChI is InChI=1S/C18H22N4O3S2/c1-5-22(6-2)16(23)14-11(3)13(17(24)25-4)15(27-14)21-18(26)20-12-7-9-19-10-8-12/h7-10H,5-6H2,1-4H3,(H2,19,20,21,26). The second kappa shape index (κ2) is 9.43. The quantitative estimate of drug-likeness (QED) is 0.561. The van der Waals surface area contributed by atoms with Gasteiger partial charge in [-0.05, 0) is 50.7 Å². The number of nitrogens with zero attached hydrogens (tertiary/aromatic N) is 2. The molecule has 9 heteroatoms. The van der Waals surface area contributed by atoms with Crippen molar-refractivity contribution in [1.82, 2.24) is 9.88 Å². The van der Waals surface area contributed by atoms with E-state index in [9.17, 15) is 9.59 Å². The number of ether oxygens (including phenoxy) is 1. The molecule has 2 heterocycles. The van der Waals surface area contributed by atoms with Crippen molar-refractivity contribution in [1.29, 1.82) is 0 Å². The zero-order chi connectivity index (χ0) is 20.0. The lowest BCUT2D eigenvalue weighted by Gasteiger charge is -2.17. The van der Waals surface area contributed by atoms with Crippen molar-refractivity contribution in [2.24, 2.45) is 0 Å². The third kappa shape index (κ3) is 4.81. The Morgan fingerprint density at radius 3 is 2.41 bits per heavy atom. The van der Waals surface area contributed by atoms with E-state index in [1.54, 1.807) is 36.4 Å². The van der Waals surface area contributed by atoms with Crippen LogP contribution in [0.3, 0.4) is 0 Å². The molecule has 0 aromatic carbocycles. The molecule has 0 bridgehead atoms. The van der Waals surface area contributed by atoms with Crippen LogP contribution >= 0.6 is 23.6 Å². The predicted molar refractivity (Wildman–Crippen MR) is 112 cm³/mol. The fourth-order valence-corrected chi connectivity index (χ4v) is 3.96. The molecule has 0 unspecified atom stereocenters. The number of methoxy groups -OCH3 is 1. The van der Waals surface area contributed by atoms with Crippen molar-refractivity contribution >= 4 is 51.2 Å². The van der Waals surface area contributed by atoms with Crippen molar-refractivity contribution < 1.29 is 14.3 Å². The third-order valence-electron chi connectivity index (χ3n) is 3.95. The Bertz CT molecular complexity index is 833. The number of hydrogen-bond donors (Lipinski definition) is 2. The van der Waals surface area contributed by atoms with E-state index < -0.39 is 5.97 Å². The number of thiocarbonyl (C=S) groups is 1. The molecule has 7 nitrogen and oxygen atoms in total. The lowest BCUT2D eigenvalue weighted by atomic mass is 10.1. The fraction of sp³-hybridized carbons (Fsp3) is 0.333. The Balaban J connectivity index is 2.34. The maximum atomic E-state index is 12.8. The Morgan fingerprint density at radius 1 is 1.22 bits per heavy atom. The van der Waals surface area contributed by atoms with Crippen LogP contribution in [-0.2, 0) is 4.74 Å². The largest absolute Gasteiger partial charge is 0.465 e. The monoisotopic (exact) mass is 406 g/mol. The number of esters is 1. The van der Waals surface area contributed by atoms with E-state index >= 15 is 0 Å². The van der Waals surface area contributed by atoms with Gasteiger partial charge in [0.05, 0.1) is 17.6 Å². The molecule has 0 saturated heterocycles. The maximum absolute atomic E-state index is 12.8. The molecule has 0 spiro atoms. The number of rotatable bonds is 6. The average molecular weight is 407 g/mol. The van der Waals surface area contributed by atoms with Gasteiger partial charge in [-0.15, -0.1) is 11.3 Å². The van der Waals surface area contributed by atoms with Crippen LogP contribution < -0.4 is 10.6 Å². The topological polar surface area (TPSA) is 83.6 Å². The van der Waals surface area contributed by atoms with E-state index in [1.165, 1.54) is 18.4 Å². The van der Waals surface area contributed by atoms with Crippen LogP contribution in [0.4, 0.5) is 10.7 Å². The first-order valence-electron chi connectivity index (χ1n) is 8.41. The van der Waals surface area contributed by atoms with E-state index in [4.69, 9.17) is 17.0 Å². The molecule has 2 aromatic rings. The van der Waals surface area contributed by atoms with Gasteiger partial charge in [0.25, 0.3) is 5.91 Å². The number of pyridine rings is 1. The average Bonchev–Trinajstić information content (AvgIpc) is 2.98. The summed E-state index contributed by atoms with van der Waals surface area (Å²) in [6.07, 6.45) is 3.28. The molecule has 2 rings (SSSR count). The van der Waals surface area contributed by atoms with E-state index in [-0.39, 0.29) is 5.91 Å². The Kier molecular flexibility index (Phi) is 7.26. The van der Waals surface area contributed by atoms with Crippen molar-refractivity contribution in [3.63, 3.8) is 0 Å². The molecule has 2 N–H and O–H groups in total. The van der Waals surface area contributed by atoms with E-state index in [0.717, 1.165) is 5.69 Å². The number of carbonyl (C=O) groups excluding carboxylic acids is 2. The molecular weight excluding hydrogens is 384 g/mol. The van der Waals surface area contributed by atoms with Crippen LogP contribution in [0, 0.1) is 6.92 Å². The van der Waals surface area contributed by atoms with Gasteiger partial charge in [0, 0.05) is 31.2 Å². The van der Waals surface area contributed by atoms with Gasteiger partial charge in [-0.25, -0.2) is 4.79 Å². The first kappa shape index (κ1) is 20.8. The zero-order valence-electron chi connectivity index (χ0n) is 15.7. The Labute approximate surface area is 167 Å². The minimum atomic E-state index is -0.517. The number of anilines is 2. The van der Waals surface area contributed by atoms with Gasteiger partial charge in [-0.3, -0.25) is 9.78 Å². The second-order valence-corrected chi connectivity index (χ2v) is 6.97. The molecule has 1 amide bonds. The van der Waals surface area contributed by atoms with Crippen LogP contribution in [0.15, 0.2) is 24.5 Å². The summed E-state index contributed by atoms with van der Waals surface area (Å²) >= 11 is 6.53. The molecule has 0 aliphatic carbocycles. The third-order valence-corrected chi connectivity index (χ3v) is 5.35. The number of amides is 1. The smallest absolute Gasteiger partial charge is 0.341 e. The van der Waals surface area contributed by atoms with Crippen molar-refractivity contribution in [3.8, 4) is 0 Å². The molecule has 0 fully saturated rings. The van der Waals surface area contributed by atoms with Gasteiger partial charge in [0.1, 0.15) is 5.00 Å². The Morgan fingerprint density at radius 2 is 1.85 bits per heavy atom. The molecule has 2 aromatic heterocycles. The molecule has 0 aliphatic rings. The maximum Gasteiger partial charge on any atom is 0.341 e. The molecule has 0 atom stereocenters. The van der Waals surface area contributed by atoms with Gasteiger partial charge >= 0.3 is 5.97 Å². The van der Waals surface area contributed by atoms with Crippen LogP contribution in [0.2, 0.25) is 0 Å². The summed E-state index contributed by atoms with van der Waals surface area (Å²) in [6, 6.07) is 3.54. The van der Waals surface area contributed by atoms with Crippen molar-refractivity contribution in [3.05, 3.63) is 40.5 Å². The number of carbonyl (C=O) groups is 2. The number of hydrogen-bond acceptors (Lipinski definition) is 6. The molecule has 27 heavy (non-hydrogen) atoms. The van der Waals surface area contributed by atoms with Crippen LogP contribution in [0.1, 0.15) is 39.4 Å². The van der Waals surface area contributed by atoms with Gasteiger partial charge in [0.15, 0.2) is 5.11 Å². The van der Waals surface area contributed by atoms with Crippen LogP contribution in [-0.4, -0.2) is 47.1 Å². The molecule has 0 radical (unpaired) electrons. The normalized spacial score (nSPS) is 10.2. The summed E-state index contributed by atoms with van der Waals surface area (Å²) in [4.78, 5) is 31.2. The second-order valence-electron chi connectivity index (χ2n) is 5.54. The summed E-state index contributed by atoms with van der Waals surface area (Å²) < 4.78 is 4.89. The summed E-state index contributed by atoms with van der Waals surface area (Å²) in [7, 11) is 1.31. The first-order chi connectivity index (χ1) is 12.9. The number of thiophene rings is 1. The highest BCUT2D eigenvalue weighted by Gasteiger charge is 2.27. The highest BCUT2D eigenvalue weighted by atomic mass is 32.1. The fourth-order valence-electron chi connectivity index (χ4n) is 2.51. The summed E-state index contributed by atoms with van der Waals surface area (Å²) in [5.41, 5.74) is 1.66. The lowest BCUT2D eigenvalue weighted by molar-refractivity contribution is 0.0601. The number of nitrogens with one attached hydrogen (secondary N) is 2. The number of aromatic nitrogens is 1. The summed E-state index contributed by atoms with van der Waals surface area (Å²) in [5.74, 6) is -0.634. The first-order valence-corrected chi connectivity index (χ1v) is 9.64. The lowest BCUT2D eigenvalue weighted by Crippen LogP contribution is -2.30. The zero-order valence-corrected chi connectivity index (χ0v) is 17.3. The van der Waals surface area contributed by atoms with Gasteiger partial charge in [-0.2, -0.15) is 0 Å². The Hall–Kier alpha value is -2.52. The minimum absolute atomic E-state index is 0.117.